The van der Waals surface area contributed by atoms with Crippen molar-refractivity contribution >= 4 is 47.5 Å². The number of carboxylic acids is 4. The van der Waals surface area contributed by atoms with Gasteiger partial charge in [-0.05, 0) is 0 Å². The summed E-state index contributed by atoms with van der Waals surface area (Å²) in [6.07, 6.45) is 0. The van der Waals surface area contributed by atoms with Crippen LogP contribution in [-0.2, 0) is 38.4 Å². The van der Waals surface area contributed by atoms with Gasteiger partial charge in [0, 0.05) is 89.2 Å². The summed E-state index contributed by atoms with van der Waals surface area (Å²) in [6, 6.07) is 0. The van der Waals surface area contributed by atoms with Crippen molar-refractivity contribution in [2.75, 3.05) is 105 Å². The fourth-order valence-corrected chi connectivity index (χ4v) is 3.94. The molecule has 8 N–H and O–H groups in total. The summed E-state index contributed by atoms with van der Waals surface area (Å²) in [5.74, 6) is -7.22. The van der Waals surface area contributed by atoms with Crippen LogP contribution in [0.25, 0.3) is 0 Å². The number of carbonyl (C=O) groups is 8. The number of nitrogens with one attached hydrogen (secondary N) is 4. The van der Waals surface area contributed by atoms with E-state index in [1.165, 1.54) is 0 Å². The van der Waals surface area contributed by atoms with E-state index in [0.717, 1.165) is 0 Å². The zero-order valence-electron chi connectivity index (χ0n) is 24.4. The Morgan fingerprint density at radius 2 is 0.533 bits per heavy atom. The fraction of sp³-hybridized carbons (Fsp3) is 0.667. The van der Waals surface area contributed by atoms with Crippen LogP contribution in [0.1, 0.15) is 0 Å². The average molecular weight is 802 g/mol. The standard InChI is InChI=1S/C24H40N8O12.Tm/c33-17(25-9-21(37)38)13-29-1-2-30(14-18(34)26-10-22(39)40)5-6-32(16-20(36)28-12-24(43)44)8-7-31(4-3-29)15-19(35)27-11-23(41)42;/h1-16H2,(H,25,33)(H,26,34)(H,27,35)(H,28,36)(H,37,38)(H,39,40)(H,41,42)(H,43,44);. The van der Waals surface area contributed by atoms with Crippen LogP contribution in [0.4, 0.5) is 0 Å². The second kappa shape index (κ2) is 23.2. The molecule has 0 aromatic rings. The third kappa shape index (κ3) is 22.1. The molecule has 1 fully saturated rings. The quantitative estimate of drug-likeness (QED) is 0.0722. The molecule has 1 saturated heterocycles. The van der Waals surface area contributed by atoms with Crippen LogP contribution in [0.3, 0.4) is 0 Å². The van der Waals surface area contributed by atoms with E-state index in [0.29, 0.717) is 0 Å². The zero-order chi connectivity index (χ0) is 33.1. The van der Waals surface area contributed by atoms with Crippen LogP contribution < -0.4 is 21.3 Å². The number of carboxylic acid groups (broad SMARTS) is 4. The predicted molar refractivity (Wildman–Crippen MR) is 148 cm³/mol. The first-order valence-electron chi connectivity index (χ1n) is 13.6. The zero-order valence-corrected chi connectivity index (χ0v) is 26.2. The van der Waals surface area contributed by atoms with Crippen molar-refractivity contribution in [3.05, 3.63) is 0 Å². The number of hydrogen-bond acceptors (Lipinski definition) is 12. The van der Waals surface area contributed by atoms with Crippen LogP contribution in [-0.4, -0.2) is 192 Å². The molecule has 0 saturated carbocycles. The van der Waals surface area contributed by atoms with E-state index in [-0.39, 0.29) is 115 Å². The minimum Gasteiger partial charge on any atom is -0.480 e. The molecule has 0 spiro atoms. The van der Waals surface area contributed by atoms with Gasteiger partial charge >= 0.3 is 23.9 Å². The van der Waals surface area contributed by atoms with Crippen LogP contribution in [0.2, 0.25) is 0 Å². The van der Waals surface area contributed by atoms with Crippen molar-refractivity contribution in [2.45, 2.75) is 0 Å². The SMILES string of the molecule is O=C(O)CNC(=O)CN1CCN(CC(=O)NCC(=O)O)CCN(CC(=O)NCC(=O)O)CCN(CC(=O)NCC(=O)O)CC1.[Tm]. The minimum atomic E-state index is -1.23. The minimum absolute atomic E-state index is 0. The van der Waals surface area contributed by atoms with Crippen molar-refractivity contribution in [1.29, 1.82) is 0 Å². The molecule has 1 rings (SSSR count). The molecule has 1 radical (unpaired) electrons. The maximum Gasteiger partial charge on any atom is 0.322 e. The molecule has 0 aliphatic carbocycles. The molecule has 0 unspecified atom stereocenters. The van der Waals surface area contributed by atoms with Gasteiger partial charge in [0.05, 0.1) is 26.2 Å². The average Bonchev–Trinajstić information content (AvgIpc) is 2.93. The first kappa shape index (κ1) is 41.8. The van der Waals surface area contributed by atoms with Gasteiger partial charge in [0.15, 0.2) is 0 Å². The van der Waals surface area contributed by atoms with Crippen molar-refractivity contribution in [3.63, 3.8) is 0 Å². The van der Waals surface area contributed by atoms with Crippen LogP contribution in [0, 0.1) is 36.9 Å². The van der Waals surface area contributed by atoms with Crippen molar-refractivity contribution in [3.8, 4) is 0 Å². The third-order valence-corrected chi connectivity index (χ3v) is 6.15. The van der Waals surface area contributed by atoms with E-state index < -0.39 is 73.7 Å². The molecule has 45 heavy (non-hydrogen) atoms. The Morgan fingerprint density at radius 3 is 0.667 bits per heavy atom. The second-order valence-corrected chi connectivity index (χ2v) is 9.79. The molecule has 0 aromatic heterocycles. The van der Waals surface area contributed by atoms with Crippen LogP contribution >= 0.6 is 0 Å². The van der Waals surface area contributed by atoms with E-state index in [9.17, 15) is 38.4 Å². The summed E-state index contributed by atoms with van der Waals surface area (Å²) >= 11 is 0. The summed E-state index contributed by atoms with van der Waals surface area (Å²) in [4.78, 5) is 99.6. The maximum atomic E-state index is 12.4. The number of nitrogens with zero attached hydrogens (tertiary/aromatic N) is 4. The summed E-state index contributed by atoms with van der Waals surface area (Å²) < 4.78 is 0. The molecule has 0 bridgehead atoms. The van der Waals surface area contributed by atoms with Gasteiger partial charge in [0.25, 0.3) is 0 Å². The monoisotopic (exact) mass is 801 g/mol. The summed E-state index contributed by atoms with van der Waals surface area (Å²) in [5.41, 5.74) is 0. The summed E-state index contributed by atoms with van der Waals surface area (Å²) in [7, 11) is 0. The molecule has 20 nitrogen and oxygen atoms in total. The summed E-state index contributed by atoms with van der Waals surface area (Å²) in [6.45, 7) is -1.59. The molecule has 4 amide bonds. The fourth-order valence-electron chi connectivity index (χ4n) is 3.94. The van der Waals surface area contributed by atoms with Gasteiger partial charge in [-0.25, -0.2) is 0 Å². The Hall–Kier alpha value is -3.17. The van der Waals surface area contributed by atoms with Gasteiger partial charge in [-0.15, -0.1) is 0 Å². The van der Waals surface area contributed by atoms with Crippen molar-refractivity contribution < 1.29 is 95.7 Å². The van der Waals surface area contributed by atoms with Crippen molar-refractivity contribution in [2.24, 2.45) is 0 Å². The second-order valence-electron chi connectivity index (χ2n) is 9.79. The molecule has 0 atom stereocenters. The Kier molecular flexibility index (Phi) is 21.6. The topological polar surface area (TPSA) is 279 Å². The van der Waals surface area contributed by atoms with Crippen LogP contribution in [0.5, 0.6) is 0 Å². The number of hydrogen-bond donors (Lipinski definition) is 8. The van der Waals surface area contributed by atoms with E-state index in [1.54, 1.807) is 19.6 Å². The maximum absolute atomic E-state index is 12.4. The van der Waals surface area contributed by atoms with E-state index in [1.807, 2.05) is 0 Å². The third-order valence-electron chi connectivity index (χ3n) is 6.15. The molecular formula is C24H40N8O12Tm. The first-order chi connectivity index (χ1) is 20.7. The molecule has 261 valence electrons. The van der Waals surface area contributed by atoms with Crippen LogP contribution in [0.15, 0.2) is 0 Å². The van der Waals surface area contributed by atoms with Gasteiger partial charge in [-0.3, -0.25) is 58.0 Å². The van der Waals surface area contributed by atoms with E-state index in [4.69, 9.17) is 20.4 Å². The number of carbonyl (C=O) groups excluding carboxylic acids is 4. The number of rotatable bonds is 16. The Labute approximate surface area is 287 Å². The summed E-state index contributed by atoms with van der Waals surface area (Å²) in [5, 5.41) is 44.5. The molecule has 1 heterocycles. The van der Waals surface area contributed by atoms with Crippen molar-refractivity contribution in [1.82, 2.24) is 40.9 Å². The molecule has 1 aliphatic rings. The van der Waals surface area contributed by atoms with E-state index in [2.05, 4.69) is 21.3 Å². The molecule has 0 aromatic carbocycles. The molecule has 21 heteroatoms. The normalized spacial score (nSPS) is 15.6. The smallest absolute Gasteiger partial charge is 0.322 e. The van der Waals surface area contributed by atoms with Gasteiger partial charge in [0.1, 0.15) is 26.2 Å². The van der Waals surface area contributed by atoms with Gasteiger partial charge in [0.2, 0.25) is 23.6 Å². The Balaban J connectivity index is 0.0000194. The Morgan fingerprint density at radius 1 is 0.378 bits per heavy atom. The van der Waals surface area contributed by atoms with Gasteiger partial charge in [-0.2, -0.15) is 0 Å². The van der Waals surface area contributed by atoms with Gasteiger partial charge in [-0.1, -0.05) is 0 Å². The van der Waals surface area contributed by atoms with E-state index >= 15 is 0 Å². The molecular weight excluding hydrogens is 761 g/mol. The number of amides is 4. The predicted octanol–water partition coefficient (Wildman–Crippen LogP) is -5.99. The van der Waals surface area contributed by atoms with Gasteiger partial charge < -0.3 is 41.7 Å². The molecule has 1 aliphatic heterocycles. The largest absolute Gasteiger partial charge is 0.480 e. The Bertz CT molecular complexity index is 874. The first-order valence-corrected chi connectivity index (χ1v) is 13.6. The number of aliphatic carboxylic acids is 4.